The topological polar surface area (TPSA) is 83.6 Å². The molecule has 1 fully saturated rings. The molecule has 1 aromatic carbocycles. The molecule has 1 amide bonds. The van der Waals surface area contributed by atoms with E-state index in [-0.39, 0.29) is 48.4 Å². The van der Waals surface area contributed by atoms with E-state index in [0.717, 1.165) is 12.1 Å². The summed E-state index contributed by atoms with van der Waals surface area (Å²) in [5.74, 6) is -2.73. The number of aromatic nitrogens is 1. The average Bonchev–Trinajstić information content (AvgIpc) is 3.19. The number of benzene rings is 1. The Morgan fingerprint density at radius 3 is 2.77 bits per heavy atom. The van der Waals surface area contributed by atoms with E-state index in [4.69, 9.17) is 9.52 Å². The minimum absolute atomic E-state index is 0.0914. The lowest BCUT2D eigenvalue weighted by atomic mass is 9.99. The lowest BCUT2D eigenvalue weighted by Gasteiger charge is -2.15. The van der Waals surface area contributed by atoms with Gasteiger partial charge in [-0.3, -0.25) is 9.59 Å². The van der Waals surface area contributed by atoms with E-state index in [2.05, 4.69) is 4.98 Å². The number of hydrogen-bond donors (Lipinski definition) is 1. The van der Waals surface area contributed by atoms with E-state index < -0.39 is 23.5 Å². The summed E-state index contributed by atoms with van der Waals surface area (Å²) in [7, 11) is 0. The number of carbonyl (C=O) groups excluding carboxylic acids is 1. The molecular formula is C18H18F2N2O4. The van der Waals surface area contributed by atoms with Gasteiger partial charge in [-0.25, -0.2) is 13.8 Å². The van der Waals surface area contributed by atoms with Gasteiger partial charge >= 0.3 is 5.97 Å². The number of nitrogens with zero attached hydrogens (tertiary/aromatic N) is 2. The molecule has 1 aliphatic rings. The summed E-state index contributed by atoms with van der Waals surface area (Å²) < 4.78 is 32.2. The van der Waals surface area contributed by atoms with Crippen molar-refractivity contribution in [1.82, 2.24) is 9.88 Å². The summed E-state index contributed by atoms with van der Waals surface area (Å²) in [4.78, 5) is 28.9. The Balaban J connectivity index is 1.60. The van der Waals surface area contributed by atoms with Crippen LogP contribution < -0.4 is 0 Å². The molecule has 8 heteroatoms. The largest absolute Gasteiger partial charge is 0.481 e. The molecule has 26 heavy (non-hydrogen) atoms. The molecule has 138 valence electrons. The van der Waals surface area contributed by atoms with Gasteiger partial charge in [-0.15, -0.1) is 0 Å². The molecule has 2 heterocycles. The van der Waals surface area contributed by atoms with E-state index in [0.29, 0.717) is 6.54 Å². The quantitative estimate of drug-likeness (QED) is 0.882. The van der Waals surface area contributed by atoms with Crippen molar-refractivity contribution < 1.29 is 27.9 Å². The maximum Gasteiger partial charge on any atom is 0.308 e. The molecule has 1 aliphatic heterocycles. The van der Waals surface area contributed by atoms with Crippen molar-refractivity contribution >= 4 is 11.9 Å². The van der Waals surface area contributed by atoms with Gasteiger partial charge in [0.05, 0.1) is 17.7 Å². The first-order valence-electron chi connectivity index (χ1n) is 8.26. The molecule has 6 nitrogen and oxygen atoms in total. The van der Waals surface area contributed by atoms with Crippen LogP contribution in [0.2, 0.25) is 0 Å². The molecule has 3 rings (SSSR count). The van der Waals surface area contributed by atoms with E-state index in [1.807, 2.05) is 6.92 Å². The standard InChI is InChI=1S/C18H18F2N2O4/c1-10-8-22(9-13(10)18(24)25)17(23)5-4-16-21-7-15(26-16)12-3-2-11(19)6-14(12)20/h2-3,6-7,10,13H,4-5,8-9H2,1H3,(H,24,25)/t10-,13-/m1/s1. The monoisotopic (exact) mass is 364 g/mol. The second kappa shape index (κ2) is 7.23. The van der Waals surface area contributed by atoms with E-state index in [1.54, 1.807) is 0 Å². The normalized spacial score (nSPS) is 19.7. The Morgan fingerprint density at radius 1 is 1.35 bits per heavy atom. The number of carboxylic acids is 1. The number of aryl methyl sites for hydroxylation is 1. The van der Waals surface area contributed by atoms with E-state index >= 15 is 0 Å². The van der Waals surface area contributed by atoms with Crippen LogP contribution in [0.15, 0.2) is 28.8 Å². The molecule has 0 spiro atoms. The fourth-order valence-corrected chi connectivity index (χ4v) is 3.10. The molecule has 2 aromatic rings. The Labute approximate surface area is 148 Å². The third-order valence-electron chi connectivity index (χ3n) is 4.59. The first kappa shape index (κ1) is 18.0. The maximum atomic E-state index is 13.8. The summed E-state index contributed by atoms with van der Waals surface area (Å²) in [6.07, 6.45) is 1.66. The first-order valence-corrected chi connectivity index (χ1v) is 8.26. The number of likely N-dealkylation sites (tertiary alicyclic amines) is 1. The van der Waals surface area contributed by atoms with Gasteiger partial charge in [-0.05, 0) is 18.1 Å². The van der Waals surface area contributed by atoms with Gasteiger partial charge in [0.2, 0.25) is 5.91 Å². The van der Waals surface area contributed by atoms with Crippen LogP contribution in [-0.4, -0.2) is 40.0 Å². The number of rotatable bonds is 5. The minimum Gasteiger partial charge on any atom is -0.481 e. The van der Waals surface area contributed by atoms with Crippen LogP contribution in [0.3, 0.4) is 0 Å². The fraction of sp³-hybridized carbons (Fsp3) is 0.389. The number of oxazole rings is 1. The Morgan fingerprint density at radius 2 is 2.12 bits per heavy atom. The van der Waals surface area contributed by atoms with Crippen LogP contribution in [0.1, 0.15) is 19.2 Å². The highest BCUT2D eigenvalue weighted by atomic mass is 19.1. The number of carbonyl (C=O) groups is 2. The number of carboxylic acid groups (broad SMARTS) is 1. The molecule has 0 unspecified atom stereocenters. The van der Waals surface area contributed by atoms with Crippen molar-refractivity contribution in [3.8, 4) is 11.3 Å². The van der Waals surface area contributed by atoms with Crippen molar-refractivity contribution in [1.29, 1.82) is 0 Å². The predicted molar refractivity (Wildman–Crippen MR) is 87.0 cm³/mol. The molecule has 0 bridgehead atoms. The van der Waals surface area contributed by atoms with Crippen molar-refractivity contribution in [3.63, 3.8) is 0 Å². The number of amides is 1. The first-order chi connectivity index (χ1) is 12.3. The van der Waals surface area contributed by atoms with Gasteiger partial charge < -0.3 is 14.4 Å². The molecule has 0 radical (unpaired) electrons. The molecular weight excluding hydrogens is 346 g/mol. The van der Waals surface area contributed by atoms with Crippen LogP contribution in [0.4, 0.5) is 8.78 Å². The molecule has 1 aromatic heterocycles. The average molecular weight is 364 g/mol. The molecule has 0 aliphatic carbocycles. The summed E-state index contributed by atoms with van der Waals surface area (Å²) in [6, 6.07) is 3.14. The second-order valence-electron chi connectivity index (χ2n) is 6.46. The highest BCUT2D eigenvalue weighted by Gasteiger charge is 2.36. The highest BCUT2D eigenvalue weighted by Crippen LogP contribution is 2.26. The van der Waals surface area contributed by atoms with E-state index in [9.17, 15) is 18.4 Å². The number of aliphatic carboxylic acids is 1. The van der Waals surface area contributed by atoms with Gasteiger partial charge in [0, 0.05) is 32.0 Å². The zero-order chi connectivity index (χ0) is 18.8. The highest BCUT2D eigenvalue weighted by molar-refractivity contribution is 5.79. The molecule has 1 N–H and O–H groups in total. The van der Waals surface area contributed by atoms with Crippen LogP contribution in [0.5, 0.6) is 0 Å². The Hall–Kier alpha value is -2.77. The summed E-state index contributed by atoms with van der Waals surface area (Å²) in [5, 5.41) is 9.12. The van der Waals surface area contributed by atoms with Gasteiger partial charge in [-0.2, -0.15) is 0 Å². The lowest BCUT2D eigenvalue weighted by molar-refractivity contribution is -0.142. The number of hydrogen-bond acceptors (Lipinski definition) is 4. The smallest absolute Gasteiger partial charge is 0.308 e. The summed E-state index contributed by atoms with van der Waals surface area (Å²) in [5.41, 5.74) is 0.0918. The van der Waals surface area contributed by atoms with Gasteiger partial charge in [0.25, 0.3) is 0 Å². The van der Waals surface area contributed by atoms with E-state index in [1.165, 1.54) is 17.2 Å². The van der Waals surface area contributed by atoms with Crippen LogP contribution >= 0.6 is 0 Å². The lowest BCUT2D eigenvalue weighted by Crippen LogP contribution is -2.30. The Kier molecular flexibility index (Phi) is 5.01. The van der Waals surface area contributed by atoms with Crippen LogP contribution in [0.25, 0.3) is 11.3 Å². The summed E-state index contributed by atoms with van der Waals surface area (Å²) >= 11 is 0. The molecule has 2 atom stereocenters. The maximum absolute atomic E-state index is 13.8. The van der Waals surface area contributed by atoms with Crippen LogP contribution in [0, 0.1) is 23.5 Å². The van der Waals surface area contributed by atoms with Crippen molar-refractivity contribution in [2.45, 2.75) is 19.8 Å². The number of halogens is 2. The zero-order valence-electron chi connectivity index (χ0n) is 14.1. The van der Waals surface area contributed by atoms with Crippen molar-refractivity contribution in [2.24, 2.45) is 11.8 Å². The van der Waals surface area contributed by atoms with Gasteiger partial charge in [0.15, 0.2) is 11.7 Å². The SMILES string of the molecule is C[C@@H]1CN(C(=O)CCc2ncc(-c3ccc(F)cc3F)o2)C[C@H]1C(=O)O. The second-order valence-corrected chi connectivity index (χ2v) is 6.46. The van der Waals surface area contributed by atoms with Crippen molar-refractivity contribution in [3.05, 3.63) is 41.9 Å². The van der Waals surface area contributed by atoms with Crippen molar-refractivity contribution in [2.75, 3.05) is 13.1 Å². The van der Waals surface area contributed by atoms with Crippen LogP contribution in [-0.2, 0) is 16.0 Å². The predicted octanol–water partition coefficient (Wildman–Crippen LogP) is 2.73. The third-order valence-corrected chi connectivity index (χ3v) is 4.59. The third kappa shape index (κ3) is 3.74. The zero-order valence-corrected chi connectivity index (χ0v) is 14.1. The minimum atomic E-state index is -0.897. The van der Waals surface area contributed by atoms with Gasteiger partial charge in [0.1, 0.15) is 11.6 Å². The Bertz CT molecular complexity index is 836. The molecule has 0 saturated carbocycles. The summed E-state index contributed by atoms with van der Waals surface area (Å²) in [6.45, 7) is 2.42. The van der Waals surface area contributed by atoms with Gasteiger partial charge in [-0.1, -0.05) is 6.92 Å². The molecule has 1 saturated heterocycles. The fourth-order valence-electron chi connectivity index (χ4n) is 3.10.